The zero-order chi connectivity index (χ0) is 16.1. The average Bonchev–Trinajstić information content (AvgIpc) is 3.07. The number of amides is 1. The fraction of sp³-hybridized carbons (Fsp3) is 0.375. The highest BCUT2D eigenvalue weighted by atomic mass is 32.2. The molecule has 1 saturated heterocycles. The fourth-order valence-corrected chi connectivity index (χ4v) is 3.10. The molecule has 7 heteroatoms. The number of thioether (sulfide) groups is 1. The molecule has 0 aliphatic carbocycles. The van der Waals surface area contributed by atoms with E-state index in [1.807, 2.05) is 29.7 Å². The molecule has 1 atom stereocenters. The first-order chi connectivity index (χ1) is 11.2. The number of amidine groups is 1. The Morgan fingerprint density at radius 3 is 2.83 bits per heavy atom. The first kappa shape index (κ1) is 15.9. The third-order valence-corrected chi connectivity index (χ3v) is 4.38. The first-order valence-corrected chi connectivity index (χ1v) is 8.51. The monoisotopic (exact) mass is 332 g/mol. The van der Waals surface area contributed by atoms with Crippen LogP contribution in [0.25, 0.3) is 5.70 Å². The quantitative estimate of drug-likeness (QED) is 0.789. The van der Waals surface area contributed by atoms with Crippen LogP contribution in [-0.2, 0) is 9.53 Å². The van der Waals surface area contributed by atoms with Crippen LogP contribution in [0.3, 0.4) is 0 Å². The van der Waals surface area contributed by atoms with Gasteiger partial charge < -0.3 is 10.1 Å². The van der Waals surface area contributed by atoms with Crippen LogP contribution in [0.1, 0.15) is 25.3 Å². The summed E-state index contributed by atoms with van der Waals surface area (Å²) in [4.78, 5) is 15.6. The summed E-state index contributed by atoms with van der Waals surface area (Å²) in [6.07, 6.45) is 2.49. The van der Waals surface area contributed by atoms with Crippen LogP contribution in [-0.4, -0.2) is 30.3 Å². The number of benzene rings is 1. The molecule has 3 rings (SSSR count). The van der Waals surface area contributed by atoms with E-state index in [2.05, 4.69) is 21.2 Å². The maximum atomic E-state index is 11.0. The van der Waals surface area contributed by atoms with Gasteiger partial charge >= 0.3 is 0 Å². The van der Waals surface area contributed by atoms with Crippen LogP contribution < -0.4 is 16.2 Å². The number of carbonyl (C=O) groups is 1. The van der Waals surface area contributed by atoms with Crippen molar-refractivity contribution in [1.29, 1.82) is 0 Å². The maximum absolute atomic E-state index is 11.0. The molecule has 1 aromatic rings. The second-order valence-corrected chi connectivity index (χ2v) is 6.30. The summed E-state index contributed by atoms with van der Waals surface area (Å²) in [5.74, 6) is -0.0722. The lowest BCUT2D eigenvalue weighted by atomic mass is 10.1. The lowest BCUT2D eigenvalue weighted by Crippen LogP contribution is -2.37. The molecular weight excluding hydrogens is 312 g/mol. The van der Waals surface area contributed by atoms with E-state index >= 15 is 0 Å². The minimum absolute atomic E-state index is 0.0722. The molecule has 0 spiro atoms. The minimum atomic E-state index is -0.0722. The summed E-state index contributed by atoms with van der Waals surface area (Å²) in [7, 11) is 0. The number of anilines is 1. The Morgan fingerprint density at radius 1 is 1.39 bits per heavy atom. The standard InChI is InChI=1S/C16H20N4O2S/c1-11(21)18-13-6-4-12(5-7-13)15-10-23-16(20-19-15)17-9-14-3-2-8-22-14/h4-7,10,14,19H,2-3,8-9H2,1H3,(H,17,20)(H,18,21)/t14-/m1/s1. The third-order valence-electron chi connectivity index (χ3n) is 3.57. The number of hydrogen-bond acceptors (Lipinski definition) is 5. The van der Waals surface area contributed by atoms with E-state index in [1.54, 1.807) is 11.8 Å². The molecule has 6 nitrogen and oxygen atoms in total. The summed E-state index contributed by atoms with van der Waals surface area (Å²) in [6, 6.07) is 7.68. The number of hydrazine groups is 1. The number of hydrogen-bond donors (Lipinski definition) is 3. The molecule has 23 heavy (non-hydrogen) atoms. The molecule has 1 fully saturated rings. The zero-order valence-electron chi connectivity index (χ0n) is 13.0. The Hall–Kier alpha value is -1.99. The van der Waals surface area contributed by atoms with Gasteiger partial charge in [-0.3, -0.25) is 20.6 Å². The lowest BCUT2D eigenvalue weighted by Gasteiger charge is -2.19. The summed E-state index contributed by atoms with van der Waals surface area (Å²) in [5.41, 5.74) is 9.06. The molecule has 122 valence electrons. The zero-order valence-corrected chi connectivity index (χ0v) is 13.8. The molecule has 0 radical (unpaired) electrons. The highest BCUT2D eigenvalue weighted by Gasteiger charge is 2.16. The van der Waals surface area contributed by atoms with E-state index in [1.165, 1.54) is 6.92 Å². The Kier molecular flexibility index (Phi) is 5.19. The van der Waals surface area contributed by atoms with Gasteiger partial charge in [-0.1, -0.05) is 23.9 Å². The molecule has 0 aromatic heterocycles. The number of aliphatic imine (C=N–C) groups is 1. The molecule has 1 amide bonds. The van der Waals surface area contributed by atoms with E-state index in [0.29, 0.717) is 6.54 Å². The summed E-state index contributed by atoms with van der Waals surface area (Å²) >= 11 is 1.55. The van der Waals surface area contributed by atoms with Gasteiger partial charge in [-0.2, -0.15) is 0 Å². The van der Waals surface area contributed by atoms with Gasteiger partial charge in [0.05, 0.1) is 18.3 Å². The van der Waals surface area contributed by atoms with Crippen LogP contribution in [0.5, 0.6) is 0 Å². The Balaban J connectivity index is 1.57. The van der Waals surface area contributed by atoms with Crippen LogP contribution in [0.4, 0.5) is 5.69 Å². The van der Waals surface area contributed by atoms with Crippen molar-refractivity contribution in [3.63, 3.8) is 0 Å². The molecule has 0 bridgehead atoms. The van der Waals surface area contributed by atoms with Crippen molar-refractivity contribution < 1.29 is 9.53 Å². The molecular formula is C16H20N4O2S. The van der Waals surface area contributed by atoms with Crippen molar-refractivity contribution in [2.75, 3.05) is 18.5 Å². The Morgan fingerprint density at radius 2 is 2.22 bits per heavy atom. The van der Waals surface area contributed by atoms with Gasteiger partial charge in [0.1, 0.15) is 0 Å². The van der Waals surface area contributed by atoms with Crippen molar-refractivity contribution in [3.8, 4) is 0 Å². The SMILES string of the molecule is CC(=O)Nc1ccc(C2=CSC(=NC[C@H]3CCCO3)NN2)cc1. The predicted octanol–water partition coefficient (Wildman–Crippen LogP) is 2.32. The fourth-order valence-electron chi connectivity index (χ4n) is 2.42. The Labute approximate surface area is 139 Å². The number of rotatable bonds is 4. The van der Waals surface area contributed by atoms with Crippen LogP contribution in [0, 0.1) is 0 Å². The van der Waals surface area contributed by atoms with Gasteiger partial charge in [0.2, 0.25) is 5.91 Å². The summed E-state index contributed by atoms with van der Waals surface area (Å²) in [6.45, 7) is 3.05. The van der Waals surface area contributed by atoms with Crippen molar-refractivity contribution in [3.05, 3.63) is 35.2 Å². The van der Waals surface area contributed by atoms with Crippen molar-refractivity contribution >= 4 is 34.2 Å². The molecule has 2 aliphatic rings. The Bertz CT molecular complexity index is 621. The molecule has 0 unspecified atom stereocenters. The number of carbonyl (C=O) groups excluding carboxylic acids is 1. The molecule has 1 aromatic carbocycles. The van der Waals surface area contributed by atoms with Crippen LogP contribution in [0.15, 0.2) is 34.7 Å². The second-order valence-electron chi connectivity index (χ2n) is 5.44. The number of nitrogens with one attached hydrogen (secondary N) is 3. The topological polar surface area (TPSA) is 74.8 Å². The number of nitrogens with zero attached hydrogens (tertiary/aromatic N) is 1. The summed E-state index contributed by atoms with van der Waals surface area (Å²) < 4.78 is 5.56. The predicted molar refractivity (Wildman–Crippen MR) is 93.9 cm³/mol. The van der Waals surface area contributed by atoms with Crippen molar-refractivity contribution in [1.82, 2.24) is 10.9 Å². The van der Waals surface area contributed by atoms with E-state index in [-0.39, 0.29) is 12.0 Å². The lowest BCUT2D eigenvalue weighted by molar-refractivity contribution is -0.114. The van der Waals surface area contributed by atoms with Gasteiger partial charge in [-0.25, -0.2) is 0 Å². The van der Waals surface area contributed by atoms with E-state index in [4.69, 9.17) is 4.74 Å². The highest BCUT2D eigenvalue weighted by Crippen LogP contribution is 2.22. The number of ether oxygens (including phenoxy) is 1. The molecule has 0 saturated carbocycles. The molecule has 2 heterocycles. The third kappa shape index (κ3) is 4.49. The molecule has 2 aliphatic heterocycles. The molecule has 3 N–H and O–H groups in total. The normalized spacial score (nSPS) is 22.2. The van der Waals surface area contributed by atoms with Crippen molar-refractivity contribution in [2.24, 2.45) is 4.99 Å². The highest BCUT2D eigenvalue weighted by molar-refractivity contribution is 8.16. The summed E-state index contributed by atoms with van der Waals surface area (Å²) in [5, 5.41) is 5.63. The average molecular weight is 332 g/mol. The van der Waals surface area contributed by atoms with Crippen molar-refractivity contribution in [2.45, 2.75) is 25.9 Å². The largest absolute Gasteiger partial charge is 0.376 e. The van der Waals surface area contributed by atoms with Gasteiger partial charge in [0, 0.05) is 30.2 Å². The van der Waals surface area contributed by atoms with E-state index in [0.717, 1.165) is 41.6 Å². The van der Waals surface area contributed by atoms with Gasteiger partial charge in [0.15, 0.2) is 5.17 Å². The smallest absolute Gasteiger partial charge is 0.221 e. The van der Waals surface area contributed by atoms with E-state index in [9.17, 15) is 4.79 Å². The van der Waals surface area contributed by atoms with Gasteiger partial charge in [-0.05, 0) is 25.0 Å². The van der Waals surface area contributed by atoms with Crippen LogP contribution >= 0.6 is 11.8 Å². The first-order valence-electron chi connectivity index (χ1n) is 7.63. The van der Waals surface area contributed by atoms with Gasteiger partial charge in [0.25, 0.3) is 0 Å². The second kappa shape index (κ2) is 7.52. The van der Waals surface area contributed by atoms with E-state index < -0.39 is 0 Å². The van der Waals surface area contributed by atoms with Gasteiger partial charge in [-0.15, -0.1) is 0 Å². The van der Waals surface area contributed by atoms with Crippen LogP contribution in [0.2, 0.25) is 0 Å². The minimum Gasteiger partial charge on any atom is -0.376 e. The maximum Gasteiger partial charge on any atom is 0.221 e.